The minimum absolute atomic E-state index is 0.00699. The molecule has 2 nitrogen and oxygen atoms in total. The topological polar surface area (TPSA) is 18.5 Å². The SMILES string of the molecule is C=Cc1ccc(-c2ccc(C3CCC(COCCC)OC3)c(F)c2F)c(F)c1. The summed E-state index contributed by atoms with van der Waals surface area (Å²) >= 11 is 0. The van der Waals surface area contributed by atoms with Gasteiger partial charge in [0.05, 0.1) is 19.3 Å². The van der Waals surface area contributed by atoms with Crippen LogP contribution in [0.3, 0.4) is 0 Å². The molecule has 1 aliphatic heterocycles. The molecule has 1 heterocycles. The van der Waals surface area contributed by atoms with Crippen LogP contribution < -0.4 is 0 Å². The highest BCUT2D eigenvalue weighted by Crippen LogP contribution is 2.35. The highest BCUT2D eigenvalue weighted by atomic mass is 19.2. The minimum atomic E-state index is -1.03. The lowest BCUT2D eigenvalue weighted by Crippen LogP contribution is -2.29. The Morgan fingerprint density at radius 3 is 2.54 bits per heavy atom. The van der Waals surface area contributed by atoms with Crippen LogP contribution in [0.2, 0.25) is 0 Å². The Balaban J connectivity index is 1.75. The van der Waals surface area contributed by atoms with E-state index in [1.54, 1.807) is 6.07 Å². The highest BCUT2D eigenvalue weighted by molar-refractivity contribution is 5.67. The van der Waals surface area contributed by atoms with Crippen molar-refractivity contribution in [1.82, 2.24) is 0 Å². The summed E-state index contributed by atoms with van der Waals surface area (Å²) in [5, 5.41) is 0. The number of rotatable bonds is 7. The van der Waals surface area contributed by atoms with E-state index in [1.165, 1.54) is 30.3 Å². The fourth-order valence-electron chi connectivity index (χ4n) is 3.51. The van der Waals surface area contributed by atoms with Crippen LogP contribution in [-0.4, -0.2) is 25.9 Å². The van der Waals surface area contributed by atoms with E-state index in [4.69, 9.17) is 9.47 Å². The van der Waals surface area contributed by atoms with Gasteiger partial charge in [-0.1, -0.05) is 43.8 Å². The monoisotopic (exact) mass is 390 g/mol. The van der Waals surface area contributed by atoms with E-state index >= 15 is 0 Å². The third kappa shape index (κ3) is 4.47. The Bertz CT molecular complexity index is 827. The van der Waals surface area contributed by atoms with Gasteiger partial charge in [0.25, 0.3) is 0 Å². The van der Waals surface area contributed by atoms with Gasteiger partial charge in [0.1, 0.15) is 5.82 Å². The van der Waals surface area contributed by atoms with E-state index in [0.29, 0.717) is 31.8 Å². The predicted molar refractivity (Wildman–Crippen MR) is 105 cm³/mol. The molecule has 0 N–H and O–H groups in total. The zero-order chi connectivity index (χ0) is 20.1. The second-order valence-corrected chi connectivity index (χ2v) is 7.08. The zero-order valence-corrected chi connectivity index (χ0v) is 16.0. The molecule has 0 bridgehead atoms. The van der Waals surface area contributed by atoms with Crippen molar-refractivity contribution in [3.8, 4) is 11.1 Å². The Labute approximate surface area is 164 Å². The van der Waals surface area contributed by atoms with Gasteiger partial charge in [0.15, 0.2) is 11.6 Å². The Morgan fingerprint density at radius 1 is 1.11 bits per heavy atom. The predicted octanol–water partition coefficient (Wildman–Crippen LogP) is 6.10. The van der Waals surface area contributed by atoms with E-state index in [2.05, 4.69) is 6.58 Å². The normalized spacial score (nSPS) is 19.6. The first-order chi connectivity index (χ1) is 13.5. The smallest absolute Gasteiger partial charge is 0.167 e. The maximum atomic E-state index is 14.8. The number of halogens is 3. The molecule has 5 heteroatoms. The molecule has 2 unspecified atom stereocenters. The maximum absolute atomic E-state index is 14.8. The van der Waals surface area contributed by atoms with Gasteiger partial charge in [-0.2, -0.15) is 0 Å². The van der Waals surface area contributed by atoms with E-state index in [9.17, 15) is 13.2 Å². The summed E-state index contributed by atoms with van der Waals surface area (Å²) in [5.74, 6) is -2.80. The van der Waals surface area contributed by atoms with Crippen LogP contribution in [0.25, 0.3) is 17.2 Å². The Hall–Kier alpha value is -2.11. The lowest BCUT2D eigenvalue weighted by atomic mass is 9.89. The standard InChI is InChI=1S/C23H25F3O2/c1-3-11-27-14-17-7-6-16(13-28-17)18-9-10-20(23(26)22(18)25)19-8-5-15(4-2)12-21(19)24/h4-5,8-10,12,16-17H,2-3,6-7,11,13-14H2,1H3. The zero-order valence-electron chi connectivity index (χ0n) is 16.0. The van der Waals surface area contributed by atoms with Gasteiger partial charge in [-0.25, -0.2) is 13.2 Å². The van der Waals surface area contributed by atoms with Crippen molar-refractivity contribution in [2.45, 2.75) is 38.2 Å². The molecule has 3 rings (SSSR count). The van der Waals surface area contributed by atoms with Crippen LogP contribution in [-0.2, 0) is 9.47 Å². The van der Waals surface area contributed by atoms with Gasteiger partial charge in [0, 0.05) is 23.7 Å². The van der Waals surface area contributed by atoms with E-state index in [1.807, 2.05) is 6.92 Å². The van der Waals surface area contributed by atoms with Crippen LogP contribution in [0.1, 0.15) is 43.2 Å². The first-order valence-electron chi connectivity index (χ1n) is 9.64. The fourth-order valence-corrected chi connectivity index (χ4v) is 3.51. The number of hydrogen-bond donors (Lipinski definition) is 0. The molecule has 2 atom stereocenters. The van der Waals surface area contributed by atoms with E-state index in [0.717, 1.165) is 12.8 Å². The molecular weight excluding hydrogens is 365 g/mol. The molecule has 2 aromatic rings. The molecule has 1 saturated heterocycles. The van der Waals surface area contributed by atoms with Gasteiger partial charge >= 0.3 is 0 Å². The van der Waals surface area contributed by atoms with Crippen molar-refractivity contribution < 1.29 is 22.6 Å². The third-order valence-corrected chi connectivity index (χ3v) is 5.09. The summed E-state index contributed by atoms with van der Waals surface area (Å²) < 4.78 is 55.0. The van der Waals surface area contributed by atoms with Crippen molar-refractivity contribution in [2.75, 3.05) is 19.8 Å². The average Bonchev–Trinajstić information content (AvgIpc) is 2.71. The molecule has 150 valence electrons. The summed E-state index contributed by atoms with van der Waals surface area (Å²) in [6.07, 6.45) is 3.86. The Kier molecular flexibility index (Phi) is 6.92. The fraction of sp³-hybridized carbons (Fsp3) is 0.391. The summed E-state index contributed by atoms with van der Waals surface area (Å²) in [5.41, 5.74) is 0.798. The van der Waals surface area contributed by atoms with Crippen molar-refractivity contribution >= 4 is 6.08 Å². The van der Waals surface area contributed by atoms with Gasteiger partial charge in [0.2, 0.25) is 0 Å². The van der Waals surface area contributed by atoms with E-state index < -0.39 is 17.5 Å². The quantitative estimate of drug-likeness (QED) is 0.532. The van der Waals surface area contributed by atoms with Crippen LogP contribution in [0.15, 0.2) is 36.9 Å². The Morgan fingerprint density at radius 2 is 1.89 bits per heavy atom. The molecule has 0 spiro atoms. The molecule has 0 aliphatic carbocycles. The highest BCUT2D eigenvalue weighted by Gasteiger charge is 2.27. The van der Waals surface area contributed by atoms with E-state index in [-0.39, 0.29) is 28.7 Å². The molecular formula is C23H25F3O2. The molecule has 0 aromatic heterocycles. The van der Waals surface area contributed by atoms with Crippen molar-refractivity contribution in [2.24, 2.45) is 0 Å². The first-order valence-corrected chi connectivity index (χ1v) is 9.64. The number of ether oxygens (including phenoxy) is 2. The van der Waals surface area contributed by atoms with Gasteiger partial charge in [-0.15, -0.1) is 0 Å². The lowest BCUT2D eigenvalue weighted by molar-refractivity contribution is -0.0485. The second kappa shape index (κ2) is 9.39. The lowest BCUT2D eigenvalue weighted by Gasteiger charge is -2.29. The second-order valence-electron chi connectivity index (χ2n) is 7.08. The summed E-state index contributed by atoms with van der Waals surface area (Å²) in [6.45, 7) is 7.15. The van der Waals surface area contributed by atoms with Crippen LogP contribution in [0, 0.1) is 17.5 Å². The summed E-state index contributed by atoms with van der Waals surface area (Å²) in [6, 6.07) is 7.29. The molecule has 1 fully saturated rings. The largest absolute Gasteiger partial charge is 0.379 e. The average molecular weight is 390 g/mol. The van der Waals surface area contributed by atoms with Crippen molar-refractivity contribution in [3.63, 3.8) is 0 Å². The van der Waals surface area contributed by atoms with Crippen molar-refractivity contribution in [3.05, 3.63) is 65.5 Å². The summed E-state index contributed by atoms with van der Waals surface area (Å²) in [4.78, 5) is 0. The third-order valence-electron chi connectivity index (χ3n) is 5.09. The van der Waals surface area contributed by atoms with Gasteiger partial charge in [-0.05, 0) is 36.5 Å². The number of benzene rings is 2. The first kappa shape index (κ1) is 20.6. The van der Waals surface area contributed by atoms with Crippen LogP contribution >= 0.6 is 0 Å². The van der Waals surface area contributed by atoms with Crippen LogP contribution in [0.4, 0.5) is 13.2 Å². The maximum Gasteiger partial charge on any atom is 0.167 e. The van der Waals surface area contributed by atoms with Crippen LogP contribution in [0.5, 0.6) is 0 Å². The van der Waals surface area contributed by atoms with Crippen molar-refractivity contribution in [1.29, 1.82) is 0 Å². The number of hydrogen-bond acceptors (Lipinski definition) is 2. The molecule has 0 amide bonds. The summed E-state index contributed by atoms with van der Waals surface area (Å²) in [7, 11) is 0. The van der Waals surface area contributed by atoms with Gasteiger partial charge < -0.3 is 9.47 Å². The molecule has 1 aliphatic rings. The molecule has 2 aromatic carbocycles. The molecule has 28 heavy (non-hydrogen) atoms. The molecule has 0 radical (unpaired) electrons. The van der Waals surface area contributed by atoms with Gasteiger partial charge in [-0.3, -0.25) is 0 Å². The molecule has 0 saturated carbocycles. The minimum Gasteiger partial charge on any atom is -0.379 e.